The summed E-state index contributed by atoms with van der Waals surface area (Å²) in [5.41, 5.74) is 7.61. The van der Waals surface area contributed by atoms with Crippen LogP contribution in [0.5, 0.6) is 0 Å². The lowest BCUT2D eigenvalue weighted by molar-refractivity contribution is 0.102. The maximum atomic E-state index is 12.4. The molecule has 3 N–H and O–H groups in total. The number of aryl methyl sites for hydroxylation is 1. The van der Waals surface area contributed by atoms with Crippen molar-refractivity contribution in [2.24, 2.45) is 0 Å². The number of hydrogen-bond donors (Lipinski definition) is 2. The Balaban J connectivity index is 1.98. The summed E-state index contributed by atoms with van der Waals surface area (Å²) in [6, 6.07) is 12.7. The van der Waals surface area contributed by atoms with Gasteiger partial charge >= 0.3 is 0 Å². The third-order valence-corrected chi connectivity index (χ3v) is 3.13. The first-order chi connectivity index (χ1) is 10.1. The third kappa shape index (κ3) is 2.67. The van der Waals surface area contributed by atoms with Crippen LogP contribution >= 0.6 is 0 Å². The molecular formula is C16H14N4O. The number of hydrogen-bond acceptors (Lipinski definition) is 4. The molecule has 0 radical (unpaired) electrons. The number of nitrogens with two attached hydrogens (primary N) is 1. The molecule has 0 bridgehead atoms. The Morgan fingerprint density at radius 2 is 2.05 bits per heavy atom. The number of pyridine rings is 2. The van der Waals surface area contributed by atoms with Crippen LogP contribution < -0.4 is 11.1 Å². The van der Waals surface area contributed by atoms with Gasteiger partial charge in [0, 0.05) is 23.0 Å². The SMILES string of the molecule is Cc1cccc(NC(=O)c2nccc3cc(N)ccc23)n1. The zero-order chi connectivity index (χ0) is 14.8. The van der Waals surface area contributed by atoms with E-state index in [0.717, 1.165) is 16.5 Å². The van der Waals surface area contributed by atoms with Crippen LogP contribution in [0.2, 0.25) is 0 Å². The van der Waals surface area contributed by atoms with Crippen molar-refractivity contribution in [2.75, 3.05) is 11.1 Å². The summed E-state index contributed by atoms with van der Waals surface area (Å²) in [5, 5.41) is 4.40. The van der Waals surface area contributed by atoms with Crippen LogP contribution in [0.3, 0.4) is 0 Å². The number of rotatable bonds is 2. The Labute approximate surface area is 121 Å². The molecule has 104 valence electrons. The van der Waals surface area contributed by atoms with Crippen molar-refractivity contribution in [1.82, 2.24) is 9.97 Å². The summed E-state index contributed by atoms with van der Waals surface area (Å²) in [6.07, 6.45) is 1.60. The first-order valence-corrected chi connectivity index (χ1v) is 6.53. The normalized spacial score (nSPS) is 10.5. The van der Waals surface area contributed by atoms with E-state index in [4.69, 9.17) is 5.73 Å². The van der Waals surface area contributed by atoms with Gasteiger partial charge in [0.1, 0.15) is 11.5 Å². The molecule has 0 unspecified atom stereocenters. The number of carbonyl (C=O) groups is 1. The highest BCUT2D eigenvalue weighted by Crippen LogP contribution is 2.20. The van der Waals surface area contributed by atoms with Gasteiger partial charge in [0.05, 0.1) is 0 Å². The molecule has 0 atom stereocenters. The largest absolute Gasteiger partial charge is 0.399 e. The Morgan fingerprint density at radius 1 is 1.19 bits per heavy atom. The van der Waals surface area contributed by atoms with Crippen molar-refractivity contribution in [3.63, 3.8) is 0 Å². The predicted octanol–water partition coefficient (Wildman–Crippen LogP) is 2.77. The van der Waals surface area contributed by atoms with E-state index in [-0.39, 0.29) is 5.91 Å². The molecule has 5 heteroatoms. The molecule has 5 nitrogen and oxygen atoms in total. The molecule has 3 aromatic rings. The second kappa shape index (κ2) is 5.20. The Morgan fingerprint density at radius 3 is 2.86 bits per heavy atom. The molecule has 2 aromatic heterocycles. The topological polar surface area (TPSA) is 80.9 Å². The molecule has 0 fully saturated rings. The van der Waals surface area contributed by atoms with Crippen molar-refractivity contribution < 1.29 is 4.79 Å². The van der Waals surface area contributed by atoms with E-state index < -0.39 is 0 Å². The molecule has 0 aliphatic carbocycles. The van der Waals surface area contributed by atoms with Gasteiger partial charge in [-0.1, -0.05) is 6.07 Å². The zero-order valence-corrected chi connectivity index (χ0v) is 11.5. The molecule has 0 saturated carbocycles. The summed E-state index contributed by atoms with van der Waals surface area (Å²) in [6.45, 7) is 1.87. The summed E-state index contributed by atoms with van der Waals surface area (Å²) >= 11 is 0. The number of nitrogens with one attached hydrogen (secondary N) is 1. The number of amides is 1. The van der Waals surface area contributed by atoms with Gasteiger partial charge in [-0.15, -0.1) is 0 Å². The molecule has 2 heterocycles. The van der Waals surface area contributed by atoms with Crippen LogP contribution in [0.1, 0.15) is 16.2 Å². The minimum absolute atomic E-state index is 0.288. The number of nitrogen functional groups attached to an aromatic ring is 1. The fraction of sp³-hybridized carbons (Fsp3) is 0.0625. The van der Waals surface area contributed by atoms with Crippen molar-refractivity contribution in [1.29, 1.82) is 0 Å². The molecule has 3 rings (SSSR count). The molecule has 1 aromatic carbocycles. The maximum absolute atomic E-state index is 12.4. The smallest absolute Gasteiger partial charge is 0.276 e. The van der Waals surface area contributed by atoms with E-state index in [9.17, 15) is 4.79 Å². The lowest BCUT2D eigenvalue weighted by Crippen LogP contribution is -2.15. The number of anilines is 2. The molecule has 0 aliphatic rings. The van der Waals surface area contributed by atoms with Crippen LogP contribution in [-0.2, 0) is 0 Å². The van der Waals surface area contributed by atoms with Gasteiger partial charge in [-0.2, -0.15) is 0 Å². The zero-order valence-electron chi connectivity index (χ0n) is 11.5. The monoisotopic (exact) mass is 278 g/mol. The third-order valence-electron chi connectivity index (χ3n) is 3.13. The van der Waals surface area contributed by atoms with Gasteiger partial charge in [-0.25, -0.2) is 4.98 Å². The van der Waals surface area contributed by atoms with E-state index in [0.29, 0.717) is 17.2 Å². The fourth-order valence-electron chi connectivity index (χ4n) is 2.17. The Kier molecular flexibility index (Phi) is 3.23. The lowest BCUT2D eigenvalue weighted by atomic mass is 10.1. The van der Waals surface area contributed by atoms with E-state index in [1.165, 1.54) is 0 Å². The quantitative estimate of drug-likeness (QED) is 0.706. The maximum Gasteiger partial charge on any atom is 0.276 e. The van der Waals surface area contributed by atoms with E-state index >= 15 is 0 Å². The van der Waals surface area contributed by atoms with Crippen LogP contribution in [0.4, 0.5) is 11.5 Å². The van der Waals surface area contributed by atoms with Gasteiger partial charge in [-0.3, -0.25) is 9.78 Å². The predicted molar refractivity (Wildman–Crippen MR) is 83.1 cm³/mol. The standard InChI is InChI=1S/C16H14N4O/c1-10-3-2-4-14(19-10)20-16(21)15-13-6-5-12(17)9-11(13)7-8-18-15/h2-9H,17H2,1H3,(H,19,20,21). The molecular weight excluding hydrogens is 264 g/mol. The van der Waals surface area contributed by atoms with Crippen LogP contribution in [0, 0.1) is 6.92 Å². The van der Waals surface area contributed by atoms with Gasteiger partial charge in [0.15, 0.2) is 0 Å². The number of fused-ring (bicyclic) bond motifs is 1. The minimum atomic E-state index is -0.288. The molecule has 1 amide bonds. The number of carbonyl (C=O) groups excluding carboxylic acids is 1. The highest BCUT2D eigenvalue weighted by Gasteiger charge is 2.12. The number of benzene rings is 1. The number of aromatic nitrogens is 2. The summed E-state index contributed by atoms with van der Waals surface area (Å²) in [7, 11) is 0. The van der Waals surface area contributed by atoms with Gasteiger partial charge in [0.25, 0.3) is 5.91 Å². The first kappa shape index (κ1) is 13.1. The summed E-state index contributed by atoms with van der Waals surface area (Å²) in [5.74, 6) is 0.220. The van der Waals surface area contributed by atoms with Crippen LogP contribution in [-0.4, -0.2) is 15.9 Å². The summed E-state index contributed by atoms with van der Waals surface area (Å²) < 4.78 is 0. The fourth-order valence-corrected chi connectivity index (χ4v) is 2.17. The lowest BCUT2D eigenvalue weighted by Gasteiger charge is -2.07. The average molecular weight is 278 g/mol. The second-order valence-corrected chi connectivity index (χ2v) is 4.76. The van der Waals surface area contributed by atoms with Crippen molar-refractivity contribution >= 4 is 28.2 Å². The Hall–Kier alpha value is -2.95. The molecule has 21 heavy (non-hydrogen) atoms. The van der Waals surface area contributed by atoms with Gasteiger partial charge in [-0.05, 0) is 48.7 Å². The van der Waals surface area contributed by atoms with Gasteiger partial charge in [0.2, 0.25) is 0 Å². The average Bonchev–Trinajstić information content (AvgIpc) is 2.46. The van der Waals surface area contributed by atoms with Crippen molar-refractivity contribution in [3.8, 4) is 0 Å². The van der Waals surface area contributed by atoms with Crippen LogP contribution in [0.15, 0.2) is 48.7 Å². The van der Waals surface area contributed by atoms with E-state index in [1.807, 2.05) is 31.2 Å². The molecule has 0 aliphatic heterocycles. The minimum Gasteiger partial charge on any atom is -0.399 e. The number of nitrogens with zero attached hydrogens (tertiary/aromatic N) is 2. The van der Waals surface area contributed by atoms with Gasteiger partial charge < -0.3 is 11.1 Å². The van der Waals surface area contributed by atoms with E-state index in [2.05, 4.69) is 15.3 Å². The van der Waals surface area contributed by atoms with Crippen molar-refractivity contribution in [2.45, 2.75) is 6.92 Å². The Bertz CT molecular complexity index is 829. The van der Waals surface area contributed by atoms with Crippen LogP contribution in [0.25, 0.3) is 10.8 Å². The van der Waals surface area contributed by atoms with E-state index in [1.54, 1.807) is 24.4 Å². The first-order valence-electron chi connectivity index (χ1n) is 6.53. The van der Waals surface area contributed by atoms with Crippen molar-refractivity contribution in [3.05, 3.63) is 60.0 Å². The highest BCUT2D eigenvalue weighted by atomic mass is 16.1. The highest BCUT2D eigenvalue weighted by molar-refractivity contribution is 6.11. The molecule has 0 spiro atoms. The summed E-state index contributed by atoms with van der Waals surface area (Å²) in [4.78, 5) is 20.8. The second-order valence-electron chi connectivity index (χ2n) is 4.76. The molecule has 0 saturated heterocycles.